The maximum atomic E-state index is 12.8. The Bertz CT molecular complexity index is 366. The van der Waals surface area contributed by atoms with Gasteiger partial charge in [0.05, 0.1) is 6.20 Å². The Labute approximate surface area is 98.2 Å². The van der Waals surface area contributed by atoms with Crippen LogP contribution in [-0.4, -0.2) is 28.0 Å². The van der Waals surface area contributed by atoms with E-state index < -0.39 is 12.2 Å². The average molecular weight is 247 g/mol. The summed E-state index contributed by atoms with van der Waals surface area (Å²) >= 11 is 0. The standard InChI is InChI=1S/C11H16F3N3/c1-10(2,3)16-7-5-8(11(12,13)14)17-9(16)4-6-15-17/h4,6,8H,5,7H2,1-3H3. The summed E-state index contributed by atoms with van der Waals surface area (Å²) in [7, 11) is 0. The largest absolute Gasteiger partial charge is 0.410 e. The molecule has 2 rings (SSSR count). The molecular formula is C11H16F3N3. The molecule has 1 aliphatic heterocycles. The first-order valence-corrected chi connectivity index (χ1v) is 5.59. The summed E-state index contributed by atoms with van der Waals surface area (Å²) in [6, 6.07) is 0.148. The first-order valence-electron chi connectivity index (χ1n) is 5.59. The lowest BCUT2D eigenvalue weighted by Gasteiger charge is -2.42. The Morgan fingerprint density at radius 2 is 1.94 bits per heavy atom. The number of alkyl halides is 3. The second-order valence-electron chi connectivity index (χ2n) is 5.30. The minimum atomic E-state index is -4.23. The van der Waals surface area contributed by atoms with E-state index in [9.17, 15) is 13.2 Å². The minimum Gasteiger partial charge on any atom is -0.352 e. The third-order valence-electron chi connectivity index (χ3n) is 3.03. The minimum absolute atomic E-state index is 0.0510. The predicted molar refractivity (Wildman–Crippen MR) is 59.0 cm³/mol. The smallest absolute Gasteiger partial charge is 0.352 e. The molecule has 1 aromatic rings. The van der Waals surface area contributed by atoms with Crippen LogP contribution in [0.15, 0.2) is 12.3 Å². The molecule has 1 aromatic heterocycles. The number of nitrogens with zero attached hydrogens (tertiary/aromatic N) is 3. The van der Waals surface area contributed by atoms with Gasteiger partial charge in [-0.2, -0.15) is 18.3 Å². The van der Waals surface area contributed by atoms with Gasteiger partial charge in [0.2, 0.25) is 0 Å². The fourth-order valence-corrected chi connectivity index (χ4v) is 2.23. The van der Waals surface area contributed by atoms with Crippen molar-refractivity contribution in [1.29, 1.82) is 0 Å². The van der Waals surface area contributed by atoms with E-state index in [1.54, 1.807) is 6.07 Å². The van der Waals surface area contributed by atoms with Gasteiger partial charge < -0.3 is 4.90 Å². The van der Waals surface area contributed by atoms with E-state index in [2.05, 4.69) is 5.10 Å². The molecule has 17 heavy (non-hydrogen) atoms. The van der Waals surface area contributed by atoms with Crippen molar-refractivity contribution in [1.82, 2.24) is 9.78 Å². The van der Waals surface area contributed by atoms with Crippen LogP contribution < -0.4 is 4.90 Å². The van der Waals surface area contributed by atoms with E-state index >= 15 is 0 Å². The summed E-state index contributed by atoms with van der Waals surface area (Å²) in [6.07, 6.45) is -2.75. The maximum Gasteiger partial charge on any atom is 0.410 e. The molecule has 0 aromatic carbocycles. The number of hydrogen-bond acceptors (Lipinski definition) is 2. The molecule has 0 fully saturated rings. The van der Waals surface area contributed by atoms with Gasteiger partial charge in [-0.3, -0.25) is 0 Å². The van der Waals surface area contributed by atoms with Gasteiger partial charge in [-0.05, 0) is 27.2 Å². The molecule has 2 heterocycles. The monoisotopic (exact) mass is 247 g/mol. The van der Waals surface area contributed by atoms with Crippen molar-refractivity contribution in [3.8, 4) is 0 Å². The highest BCUT2D eigenvalue weighted by Gasteiger charge is 2.46. The lowest BCUT2D eigenvalue weighted by atomic mass is 10.0. The van der Waals surface area contributed by atoms with E-state index in [0.717, 1.165) is 4.68 Å². The van der Waals surface area contributed by atoms with Gasteiger partial charge in [-0.1, -0.05) is 0 Å². The normalized spacial score (nSPS) is 21.5. The quantitative estimate of drug-likeness (QED) is 0.702. The summed E-state index contributed by atoms with van der Waals surface area (Å²) in [6.45, 7) is 6.36. The lowest BCUT2D eigenvalue weighted by Crippen LogP contribution is -2.48. The van der Waals surface area contributed by atoms with Crippen molar-refractivity contribution in [3.05, 3.63) is 12.3 Å². The van der Waals surface area contributed by atoms with E-state index in [1.807, 2.05) is 25.7 Å². The van der Waals surface area contributed by atoms with Crippen LogP contribution in [0.2, 0.25) is 0 Å². The van der Waals surface area contributed by atoms with Crippen LogP contribution in [-0.2, 0) is 0 Å². The highest BCUT2D eigenvalue weighted by atomic mass is 19.4. The number of fused-ring (bicyclic) bond motifs is 1. The lowest BCUT2D eigenvalue weighted by molar-refractivity contribution is -0.172. The van der Waals surface area contributed by atoms with Crippen molar-refractivity contribution in [2.45, 2.75) is 44.9 Å². The Kier molecular flexibility index (Phi) is 2.63. The second kappa shape index (κ2) is 3.65. The zero-order valence-corrected chi connectivity index (χ0v) is 10.1. The zero-order valence-electron chi connectivity index (χ0n) is 10.1. The van der Waals surface area contributed by atoms with Crippen molar-refractivity contribution < 1.29 is 13.2 Å². The Balaban J connectivity index is 2.40. The summed E-state index contributed by atoms with van der Waals surface area (Å²) in [5, 5.41) is 3.82. The summed E-state index contributed by atoms with van der Waals surface area (Å²) in [4.78, 5) is 1.96. The van der Waals surface area contributed by atoms with Gasteiger partial charge in [-0.15, -0.1) is 0 Å². The number of anilines is 1. The summed E-state index contributed by atoms with van der Waals surface area (Å²) < 4.78 is 39.6. The highest BCUT2D eigenvalue weighted by molar-refractivity contribution is 5.43. The molecule has 0 spiro atoms. The second-order valence-corrected chi connectivity index (χ2v) is 5.30. The maximum absolute atomic E-state index is 12.8. The van der Waals surface area contributed by atoms with Gasteiger partial charge in [0.1, 0.15) is 5.82 Å². The molecule has 6 heteroatoms. The molecule has 0 N–H and O–H groups in total. The molecule has 0 bridgehead atoms. The number of hydrogen-bond donors (Lipinski definition) is 0. The first-order chi connectivity index (χ1) is 7.71. The number of aromatic nitrogens is 2. The predicted octanol–water partition coefficient (Wildman–Crippen LogP) is 3.00. The van der Waals surface area contributed by atoms with Gasteiger partial charge >= 0.3 is 6.18 Å². The number of halogens is 3. The van der Waals surface area contributed by atoms with Crippen molar-refractivity contribution >= 4 is 5.82 Å². The van der Waals surface area contributed by atoms with Crippen molar-refractivity contribution in [2.24, 2.45) is 0 Å². The van der Waals surface area contributed by atoms with Crippen molar-refractivity contribution in [2.75, 3.05) is 11.4 Å². The van der Waals surface area contributed by atoms with Crippen LogP contribution in [0.3, 0.4) is 0 Å². The molecule has 1 unspecified atom stereocenters. The van der Waals surface area contributed by atoms with E-state index in [-0.39, 0.29) is 12.0 Å². The fraction of sp³-hybridized carbons (Fsp3) is 0.727. The first kappa shape index (κ1) is 12.3. The Morgan fingerprint density at radius 1 is 1.29 bits per heavy atom. The van der Waals surface area contributed by atoms with Gasteiger partial charge in [0, 0.05) is 18.2 Å². The van der Waals surface area contributed by atoms with Crippen LogP contribution in [0.5, 0.6) is 0 Å². The molecule has 1 atom stereocenters. The fourth-order valence-electron chi connectivity index (χ4n) is 2.23. The van der Waals surface area contributed by atoms with Crippen LogP contribution in [0.4, 0.5) is 19.0 Å². The van der Waals surface area contributed by atoms with E-state index in [1.165, 1.54) is 6.20 Å². The third-order valence-corrected chi connectivity index (χ3v) is 3.03. The van der Waals surface area contributed by atoms with Crippen LogP contribution >= 0.6 is 0 Å². The third kappa shape index (κ3) is 2.12. The number of rotatable bonds is 0. The van der Waals surface area contributed by atoms with Gasteiger partial charge in [0.25, 0.3) is 0 Å². The molecule has 96 valence electrons. The molecule has 0 amide bonds. The van der Waals surface area contributed by atoms with Crippen LogP contribution in [0, 0.1) is 0 Å². The molecule has 0 aliphatic carbocycles. The zero-order chi connectivity index (χ0) is 12.8. The van der Waals surface area contributed by atoms with Gasteiger partial charge in [-0.25, -0.2) is 4.68 Å². The highest BCUT2D eigenvalue weighted by Crippen LogP contribution is 2.40. The van der Waals surface area contributed by atoms with E-state index in [0.29, 0.717) is 12.4 Å². The molecular weight excluding hydrogens is 231 g/mol. The van der Waals surface area contributed by atoms with Crippen LogP contribution in [0.1, 0.15) is 33.2 Å². The molecule has 0 saturated carbocycles. The molecule has 3 nitrogen and oxygen atoms in total. The van der Waals surface area contributed by atoms with Crippen molar-refractivity contribution in [3.63, 3.8) is 0 Å². The van der Waals surface area contributed by atoms with Gasteiger partial charge in [0.15, 0.2) is 6.04 Å². The molecule has 0 radical (unpaired) electrons. The SMILES string of the molecule is CC(C)(C)N1CCC(C(F)(F)F)n2nccc21. The molecule has 1 aliphatic rings. The Morgan fingerprint density at radius 3 is 2.47 bits per heavy atom. The Hall–Kier alpha value is -1.20. The van der Waals surface area contributed by atoms with Crippen LogP contribution in [0.25, 0.3) is 0 Å². The molecule has 0 saturated heterocycles. The summed E-state index contributed by atoms with van der Waals surface area (Å²) in [5.41, 5.74) is -0.200. The topological polar surface area (TPSA) is 21.1 Å². The average Bonchev–Trinajstić information content (AvgIpc) is 2.60. The van der Waals surface area contributed by atoms with E-state index in [4.69, 9.17) is 0 Å². The summed E-state index contributed by atoms with van der Waals surface area (Å²) in [5.74, 6) is 0.547.